The van der Waals surface area contributed by atoms with Crippen molar-refractivity contribution in [1.82, 2.24) is 18.3 Å². The molecule has 0 aliphatic heterocycles. The summed E-state index contributed by atoms with van der Waals surface area (Å²) in [6.45, 7) is 9.51. The molecule has 22 aromatic carbocycles. The second-order valence-electron chi connectivity index (χ2n) is 40.2. The van der Waals surface area contributed by atoms with Crippen LogP contribution in [0.1, 0.15) is 49.9 Å². The second-order valence-corrected chi connectivity index (χ2v) is 40.2. The van der Waals surface area contributed by atoms with E-state index in [9.17, 15) is 0 Å². The van der Waals surface area contributed by atoms with Crippen molar-refractivity contribution in [3.05, 3.63) is 520 Å². The highest BCUT2D eigenvalue weighted by molar-refractivity contribution is 6.16. The Kier molecular flexibility index (Phi) is 19.0. The van der Waals surface area contributed by atoms with Crippen LogP contribution in [0.15, 0.2) is 506 Å². The molecule has 2 aliphatic carbocycles. The van der Waals surface area contributed by atoms with Crippen molar-refractivity contribution in [2.45, 2.75) is 38.5 Å². The number of benzene rings is 22. The lowest BCUT2D eigenvalue weighted by Crippen LogP contribution is -2.16. The Morgan fingerprint density at radius 1 is 0.164 bits per heavy atom. The highest BCUT2D eigenvalue weighted by atomic mass is 16.3. The molecule has 8 heteroatoms. The minimum Gasteiger partial charge on any atom is -0.456 e. The van der Waals surface area contributed by atoms with Crippen molar-refractivity contribution < 1.29 is 8.83 Å². The number of hydrogen-bond donors (Lipinski definition) is 0. The van der Waals surface area contributed by atoms with E-state index in [1.807, 2.05) is 18.2 Å². The lowest BCUT2D eigenvalue weighted by molar-refractivity contribution is 0.660. The molecule has 0 unspecified atom stereocenters. The first-order chi connectivity index (χ1) is 71.9. The van der Waals surface area contributed by atoms with Gasteiger partial charge in [-0.2, -0.15) is 0 Å². The number of anilines is 6. The van der Waals surface area contributed by atoms with Gasteiger partial charge in [0.2, 0.25) is 0 Å². The average Bonchev–Trinajstić information content (AvgIpc) is 1.57. The molecular formula is C138H94N6O2. The summed E-state index contributed by atoms with van der Waals surface area (Å²) in [7, 11) is 0. The number of hydrogen-bond acceptors (Lipinski definition) is 4. The summed E-state index contributed by atoms with van der Waals surface area (Å²) in [4.78, 5) is 4.84. The molecule has 6 heterocycles. The Bertz CT molecular complexity index is 10100. The van der Waals surface area contributed by atoms with E-state index in [-0.39, 0.29) is 10.8 Å². The van der Waals surface area contributed by atoms with E-state index in [0.29, 0.717) is 0 Å². The summed E-state index contributed by atoms with van der Waals surface area (Å²) in [5.41, 5.74) is 43.7. The number of rotatable bonds is 14. The van der Waals surface area contributed by atoms with Gasteiger partial charge in [0, 0.05) is 138 Å². The molecule has 0 bridgehead atoms. The predicted molar refractivity (Wildman–Crippen MR) is 611 cm³/mol. The molecule has 8 nitrogen and oxygen atoms in total. The molecule has 146 heavy (non-hydrogen) atoms. The van der Waals surface area contributed by atoms with Gasteiger partial charge in [-0.25, -0.2) is 0 Å². The molecule has 0 atom stereocenters. The van der Waals surface area contributed by atoms with Crippen molar-refractivity contribution in [2.24, 2.45) is 0 Å². The lowest BCUT2D eigenvalue weighted by atomic mass is 9.81. The molecule has 6 aromatic heterocycles. The van der Waals surface area contributed by atoms with E-state index in [0.717, 1.165) is 112 Å². The highest BCUT2D eigenvalue weighted by Crippen LogP contribution is 2.56. The standard InChI is InChI=1S/2C69H47N3O/c1-69(2)61-42-46(52-21-14-22-59-58-20-9-13-26-67(58)73-68(52)59)29-38-53(61)54-39-37-51(43-62(54)69)70(49-33-35-50(36-34-49)72-63-23-10-6-17-55(63)56-18-7-11-24-64(56)72)48-31-27-44(28-32-48)45-30-40-66-60(41-45)57-19-8-12-25-65(57)71(66)47-15-4-3-5-16-47;1-69(2)61-42-47(46-28-39-68-60(41-46)58-19-9-13-23-67(58)73-68)26-36-53(61)54-37-35-52(43-62(54)69)70(50-31-33-51(34-32-50)72-63-20-10-6-16-55(63)56-17-7-11-21-64(56)72)49-29-24-44(25-30-49)45-27-38-66-59(40-45)57-18-8-12-22-65(57)71(66)48-14-4-3-5-15-48/h2*3-43H,1-2H3. The minimum atomic E-state index is -0.267. The van der Waals surface area contributed by atoms with Gasteiger partial charge >= 0.3 is 0 Å². The van der Waals surface area contributed by atoms with Crippen LogP contribution >= 0.6 is 0 Å². The average molecular weight is 1870 g/mol. The smallest absolute Gasteiger partial charge is 0.143 e. The maximum Gasteiger partial charge on any atom is 0.143 e. The first kappa shape index (κ1) is 84.1. The van der Waals surface area contributed by atoms with E-state index in [2.05, 4.69) is 535 Å². The fourth-order valence-electron chi connectivity index (χ4n) is 24.4. The van der Waals surface area contributed by atoms with E-state index in [1.54, 1.807) is 0 Å². The summed E-state index contributed by atoms with van der Waals surface area (Å²) in [6.07, 6.45) is 0. The first-order valence-corrected chi connectivity index (χ1v) is 50.5. The van der Waals surface area contributed by atoms with Crippen molar-refractivity contribution in [1.29, 1.82) is 0 Å². The SMILES string of the molecule is CC1(C)c2cc(-c3ccc4oc5ccccc5c4c3)ccc2-c2ccc(N(c3ccc(-c4ccc5c(c4)c4ccccc4n5-c4ccccc4)cc3)c3ccc(-n4c5ccccc5c5ccccc54)cc3)cc21.CC1(C)c2cc(-c3cccc4c3oc3ccccc34)ccc2-c2ccc(N(c3ccc(-c4ccc5c(c4)c4ccccc4n5-c4ccccc4)cc3)c3ccc(-n4c5ccccc5c5ccccc54)cc3)cc21. The largest absolute Gasteiger partial charge is 0.456 e. The zero-order valence-corrected chi connectivity index (χ0v) is 80.8. The summed E-state index contributed by atoms with van der Waals surface area (Å²) >= 11 is 0. The maximum absolute atomic E-state index is 6.54. The van der Waals surface area contributed by atoms with Gasteiger partial charge in [0.15, 0.2) is 0 Å². The van der Waals surface area contributed by atoms with Crippen LogP contribution in [0.3, 0.4) is 0 Å². The van der Waals surface area contributed by atoms with Gasteiger partial charge in [0.05, 0.1) is 44.1 Å². The minimum absolute atomic E-state index is 0.249. The fraction of sp³-hybridized carbons (Fsp3) is 0.0435. The van der Waals surface area contributed by atoms with E-state index in [1.165, 1.54) is 165 Å². The Labute approximate surface area is 843 Å². The van der Waals surface area contributed by atoms with Crippen LogP contribution in [0.25, 0.3) is 221 Å². The Balaban J connectivity index is 0.000000138. The van der Waals surface area contributed by atoms with Crippen LogP contribution in [0, 0.1) is 0 Å². The fourth-order valence-corrected chi connectivity index (χ4v) is 24.4. The van der Waals surface area contributed by atoms with Crippen LogP contribution in [-0.4, -0.2) is 18.3 Å². The van der Waals surface area contributed by atoms with Crippen molar-refractivity contribution in [3.8, 4) is 89.5 Å². The molecule has 30 rings (SSSR count). The molecule has 0 fully saturated rings. The number of fused-ring (bicyclic) bond motifs is 24. The molecule has 28 aromatic rings. The monoisotopic (exact) mass is 1870 g/mol. The molecular weight excluding hydrogens is 1770 g/mol. The van der Waals surface area contributed by atoms with Gasteiger partial charge < -0.3 is 36.9 Å². The lowest BCUT2D eigenvalue weighted by Gasteiger charge is -2.28. The number of furan rings is 2. The molecule has 688 valence electrons. The van der Waals surface area contributed by atoms with E-state index in [4.69, 9.17) is 8.83 Å². The molecule has 0 spiro atoms. The topological polar surface area (TPSA) is 52.5 Å². The molecule has 0 saturated heterocycles. The predicted octanol–water partition coefficient (Wildman–Crippen LogP) is 37.8. The molecule has 0 N–H and O–H groups in total. The third-order valence-corrected chi connectivity index (χ3v) is 31.4. The summed E-state index contributed by atoms with van der Waals surface area (Å²) in [6, 6.07) is 182. The summed E-state index contributed by atoms with van der Waals surface area (Å²) in [5, 5.41) is 14.6. The van der Waals surface area contributed by atoms with Crippen LogP contribution in [0.4, 0.5) is 34.1 Å². The molecule has 0 amide bonds. The first-order valence-electron chi connectivity index (χ1n) is 50.5. The quantitative estimate of drug-likeness (QED) is 0.109. The van der Waals surface area contributed by atoms with Crippen LogP contribution < -0.4 is 9.80 Å². The second kappa shape index (κ2) is 32.9. The normalized spacial score (nSPS) is 12.9. The summed E-state index contributed by atoms with van der Waals surface area (Å²) in [5.74, 6) is 0. The molecule has 0 saturated carbocycles. The third kappa shape index (κ3) is 13.2. The van der Waals surface area contributed by atoms with Crippen molar-refractivity contribution in [2.75, 3.05) is 9.80 Å². The third-order valence-electron chi connectivity index (χ3n) is 31.4. The van der Waals surface area contributed by atoms with E-state index < -0.39 is 0 Å². The van der Waals surface area contributed by atoms with Crippen molar-refractivity contribution in [3.63, 3.8) is 0 Å². The van der Waals surface area contributed by atoms with Crippen LogP contribution in [0.2, 0.25) is 0 Å². The van der Waals surface area contributed by atoms with Gasteiger partial charge in [0.25, 0.3) is 0 Å². The van der Waals surface area contributed by atoms with E-state index >= 15 is 0 Å². The van der Waals surface area contributed by atoms with Gasteiger partial charge in [-0.15, -0.1) is 0 Å². The van der Waals surface area contributed by atoms with Crippen LogP contribution in [-0.2, 0) is 10.8 Å². The van der Waals surface area contributed by atoms with Gasteiger partial charge in [-0.3, -0.25) is 0 Å². The highest BCUT2D eigenvalue weighted by Gasteiger charge is 2.39. The number of nitrogens with zero attached hydrogens (tertiary/aromatic N) is 6. The van der Waals surface area contributed by atoms with Gasteiger partial charge in [0.1, 0.15) is 22.3 Å². The van der Waals surface area contributed by atoms with Gasteiger partial charge in [-0.05, 0) is 302 Å². The Hall–Kier alpha value is -18.8. The summed E-state index contributed by atoms with van der Waals surface area (Å²) < 4.78 is 22.3. The number of para-hydroxylation sites is 11. The molecule has 0 radical (unpaired) electrons. The Morgan fingerprint density at radius 3 is 0.856 bits per heavy atom. The number of aromatic nitrogens is 4. The van der Waals surface area contributed by atoms with Crippen LogP contribution in [0.5, 0.6) is 0 Å². The zero-order valence-electron chi connectivity index (χ0n) is 80.8. The zero-order chi connectivity index (χ0) is 96.7. The van der Waals surface area contributed by atoms with Gasteiger partial charge in [-0.1, -0.05) is 307 Å². The maximum atomic E-state index is 6.54. The molecule has 2 aliphatic rings. The van der Waals surface area contributed by atoms with Crippen molar-refractivity contribution >= 4 is 165 Å². The Morgan fingerprint density at radius 2 is 0.432 bits per heavy atom.